The zero-order valence-corrected chi connectivity index (χ0v) is 12.6. The van der Waals surface area contributed by atoms with Crippen molar-refractivity contribution in [1.29, 1.82) is 0 Å². The first kappa shape index (κ1) is 14.8. The van der Waals surface area contributed by atoms with Gasteiger partial charge in [0.25, 0.3) is 0 Å². The normalized spacial score (nSPS) is 13.3. The number of nitrogen functional groups attached to an aromatic ring is 1. The fourth-order valence-corrected chi connectivity index (χ4v) is 3.23. The molecule has 8 heteroatoms. The van der Waals surface area contributed by atoms with Crippen LogP contribution in [0.3, 0.4) is 0 Å². The lowest BCUT2D eigenvalue weighted by Gasteiger charge is -2.13. The summed E-state index contributed by atoms with van der Waals surface area (Å²) in [5.41, 5.74) is 6.54. The van der Waals surface area contributed by atoms with Gasteiger partial charge in [-0.25, -0.2) is 18.1 Å². The van der Waals surface area contributed by atoms with E-state index in [4.69, 9.17) is 17.3 Å². The fourth-order valence-electron chi connectivity index (χ4n) is 1.79. The number of nitrogens with zero attached hydrogens (tertiary/aromatic N) is 1. The molecule has 0 aliphatic carbocycles. The second-order valence-electron chi connectivity index (χ2n) is 4.46. The topological polar surface area (TPSA) is 101 Å². The molecule has 1 aromatic heterocycles. The number of nitrogens with one attached hydrogen (secondary N) is 2. The number of aromatic nitrogens is 2. The van der Waals surface area contributed by atoms with Crippen LogP contribution in [0.1, 0.15) is 24.4 Å². The molecule has 0 radical (unpaired) electrons. The van der Waals surface area contributed by atoms with Crippen molar-refractivity contribution in [1.82, 2.24) is 14.7 Å². The van der Waals surface area contributed by atoms with Crippen LogP contribution in [0.5, 0.6) is 0 Å². The van der Waals surface area contributed by atoms with Crippen LogP contribution in [0.15, 0.2) is 29.4 Å². The van der Waals surface area contributed by atoms with Gasteiger partial charge in [0, 0.05) is 12.4 Å². The number of imidazole rings is 1. The first-order chi connectivity index (χ1) is 9.31. The molecule has 0 amide bonds. The maximum Gasteiger partial charge on any atom is 0.241 e. The maximum atomic E-state index is 12.3. The first-order valence-electron chi connectivity index (χ1n) is 5.88. The van der Waals surface area contributed by atoms with Crippen LogP contribution in [-0.2, 0) is 10.0 Å². The Labute approximate surface area is 122 Å². The summed E-state index contributed by atoms with van der Waals surface area (Å²) < 4.78 is 27.1. The van der Waals surface area contributed by atoms with Crippen molar-refractivity contribution in [3.05, 3.63) is 40.9 Å². The van der Waals surface area contributed by atoms with E-state index in [0.29, 0.717) is 16.4 Å². The number of H-pyrrole nitrogens is 1. The molecule has 1 heterocycles. The molecule has 4 N–H and O–H groups in total. The summed E-state index contributed by atoms with van der Waals surface area (Å²) in [6.07, 6.45) is 3.19. The molecule has 0 aliphatic heterocycles. The predicted molar refractivity (Wildman–Crippen MR) is 77.9 cm³/mol. The molecule has 6 nitrogen and oxygen atoms in total. The number of benzene rings is 1. The standard InChI is InChI=1S/C12H15ClN4O2S/c1-7-5-9(6-10(14)11(7)13)20(18,19)17-8(2)12-15-3-4-16-12/h3-6,8,17H,14H2,1-2H3,(H,15,16). The molecule has 0 bridgehead atoms. The summed E-state index contributed by atoms with van der Waals surface area (Å²) in [6, 6.07) is 2.34. The highest BCUT2D eigenvalue weighted by Gasteiger charge is 2.21. The largest absolute Gasteiger partial charge is 0.397 e. The third-order valence-corrected chi connectivity index (χ3v) is 4.86. The lowest BCUT2D eigenvalue weighted by atomic mass is 10.2. The number of rotatable bonds is 4. The molecule has 0 saturated carbocycles. The van der Waals surface area contributed by atoms with E-state index in [1.807, 2.05) is 0 Å². The summed E-state index contributed by atoms with van der Waals surface area (Å²) in [5, 5.41) is 0.364. The molecule has 0 aliphatic rings. The Morgan fingerprint density at radius 1 is 1.45 bits per heavy atom. The van der Waals surface area contributed by atoms with Crippen LogP contribution in [0.25, 0.3) is 0 Å². The molecule has 108 valence electrons. The van der Waals surface area contributed by atoms with Crippen molar-refractivity contribution in [2.24, 2.45) is 0 Å². The van der Waals surface area contributed by atoms with Gasteiger partial charge >= 0.3 is 0 Å². The Balaban J connectivity index is 2.31. The van der Waals surface area contributed by atoms with Crippen molar-refractivity contribution in [2.45, 2.75) is 24.8 Å². The van der Waals surface area contributed by atoms with Gasteiger partial charge in [-0.05, 0) is 31.5 Å². The number of aryl methyl sites for hydroxylation is 1. The van der Waals surface area contributed by atoms with Crippen molar-refractivity contribution in [3.8, 4) is 0 Å². The predicted octanol–water partition coefficient (Wildman–Crippen LogP) is 1.99. The van der Waals surface area contributed by atoms with Gasteiger partial charge in [0.1, 0.15) is 5.82 Å². The van der Waals surface area contributed by atoms with Gasteiger partial charge in [0.15, 0.2) is 0 Å². The van der Waals surface area contributed by atoms with Gasteiger partial charge in [-0.15, -0.1) is 0 Å². The third-order valence-electron chi connectivity index (χ3n) is 2.83. The Morgan fingerprint density at radius 2 is 2.15 bits per heavy atom. The zero-order valence-electron chi connectivity index (χ0n) is 11.0. The second-order valence-corrected chi connectivity index (χ2v) is 6.55. The average molecular weight is 315 g/mol. The van der Waals surface area contributed by atoms with Crippen LogP contribution < -0.4 is 10.5 Å². The smallest absolute Gasteiger partial charge is 0.241 e. The molecular weight excluding hydrogens is 300 g/mol. The molecule has 0 fully saturated rings. The highest BCUT2D eigenvalue weighted by atomic mass is 35.5. The van der Waals surface area contributed by atoms with E-state index in [9.17, 15) is 8.42 Å². The minimum absolute atomic E-state index is 0.0790. The molecule has 0 saturated heterocycles. The van der Waals surface area contributed by atoms with Crippen molar-refractivity contribution in [2.75, 3.05) is 5.73 Å². The highest BCUT2D eigenvalue weighted by molar-refractivity contribution is 7.89. The summed E-state index contributed by atoms with van der Waals surface area (Å²) in [7, 11) is -3.70. The zero-order chi connectivity index (χ0) is 14.9. The summed E-state index contributed by atoms with van der Waals surface area (Å²) >= 11 is 5.93. The number of aromatic amines is 1. The number of halogens is 1. The molecule has 2 rings (SSSR count). The van der Waals surface area contributed by atoms with Crippen LogP contribution in [0, 0.1) is 6.92 Å². The molecule has 2 aromatic rings. The Bertz CT molecular complexity index is 690. The van der Waals surface area contributed by atoms with E-state index in [0.717, 1.165) is 0 Å². The number of sulfonamides is 1. The minimum Gasteiger partial charge on any atom is -0.397 e. The van der Waals surface area contributed by atoms with E-state index in [1.54, 1.807) is 26.2 Å². The van der Waals surface area contributed by atoms with Crippen LogP contribution >= 0.6 is 11.6 Å². The average Bonchev–Trinajstić information content (AvgIpc) is 2.88. The molecule has 1 atom stereocenters. The van der Waals surface area contributed by atoms with Gasteiger partial charge in [0.05, 0.1) is 21.6 Å². The number of nitrogens with two attached hydrogens (primary N) is 1. The number of hydrogen-bond acceptors (Lipinski definition) is 4. The lowest BCUT2D eigenvalue weighted by molar-refractivity contribution is 0.561. The first-order valence-corrected chi connectivity index (χ1v) is 7.74. The minimum atomic E-state index is -3.70. The van der Waals surface area contributed by atoms with Gasteiger partial charge in [-0.2, -0.15) is 0 Å². The summed E-state index contributed by atoms with van der Waals surface area (Å²) in [6.45, 7) is 3.40. The summed E-state index contributed by atoms with van der Waals surface area (Å²) in [4.78, 5) is 6.95. The van der Waals surface area contributed by atoms with Crippen LogP contribution in [-0.4, -0.2) is 18.4 Å². The molecular formula is C12H15ClN4O2S. The van der Waals surface area contributed by atoms with E-state index in [1.165, 1.54) is 12.1 Å². The van der Waals surface area contributed by atoms with Gasteiger partial charge in [-0.3, -0.25) is 0 Å². The summed E-state index contributed by atoms with van der Waals surface area (Å²) in [5.74, 6) is 0.534. The van der Waals surface area contributed by atoms with Gasteiger partial charge in [-0.1, -0.05) is 11.6 Å². The van der Waals surface area contributed by atoms with Crippen molar-refractivity contribution in [3.63, 3.8) is 0 Å². The van der Waals surface area contributed by atoms with Gasteiger partial charge < -0.3 is 10.7 Å². The van der Waals surface area contributed by atoms with E-state index >= 15 is 0 Å². The maximum absolute atomic E-state index is 12.3. The Hall–Kier alpha value is -1.57. The van der Waals surface area contributed by atoms with Crippen LogP contribution in [0.2, 0.25) is 5.02 Å². The van der Waals surface area contributed by atoms with E-state index < -0.39 is 16.1 Å². The van der Waals surface area contributed by atoms with Crippen molar-refractivity contribution < 1.29 is 8.42 Å². The Morgan fingerprint density at radius 3 is 2.70 bits per heavy atom. The highest BCUT2D eigenvalue weighted by Crippen LogP contribution is 2.27. The van der Waals surface area contributed by atoms with E-state index in [2.05, 4.69) is 14.7 Å². The van der Waals surface area contributed by atoms with Crippen molar-refractivity contribution >= 4 is 27.3 Å². The SMILES string of the molecule is Cc1cc(S(=O)(=O)NC(C)c2ncc[nH]2)cc(N)c1Cl. The quantitative estimate of drug-likeness (QED) is 0.751. The van der Waals surface area contributed by atoms with Gasteiger partial charge in [0.2, 0.25) is 10.0 Å². The molecule has 1 aromatic carbocycles. The second kappa shape index (κ2) is 5.43. The monoisotopic (exact) mass is 314 g/mol. The number of hydrogen-bond donors (Lipinski definition) is 3. The fraction of sp³-hybridized carbons (Fsp3) is 0.250. The molecule has 0 spiro atoms. The Kier molecular flexibility index (Phi) is 4.03. The lowest BCUT2D eigenvalue weighted by Crippen LogP contribution is -2.27. The number of anilines is 1. The molecule has 1 unspecified atom stereocenters. The van der Waals surface area contributed by atoms with Crippen LogP contribution in [0.4, 0.5) is 5.69 Å². The third kappa shape index (κ3) is 2.95. The molecule has 20 heavy (non-hydrogen) atoms. The van der Waals surface area contributed by atoms with E-state index in [-0.39, 0.29) is 10.6 Å².